The van der Waals surface area contributed by atoms with Crippen molar-refractivity contribution in [2.24, 2.45) is 0 Å². The number of carbonyl (C=O) groups is 2. The van der Waals surface area contributed by atoms with Gasteiger partial charge in [-0.2, -0.15) is 0 Å². The van der Waals surface area contributed by atoms with Gasteiger partial charge in [-0.15, -0.1) is 17.9 Å². The van der Waals surface area contributed by atoms with Crippen molar-refractivity contribution in [3.8, 4) is 0 Å². The Hall–Kier alpha value is -1.90. The molecule has 1 aliphatic carbocycles. The highest BCUT2D eigenvalue weighted by molar-refractivity contribution is 7.99. The number of halogens is 1. The zero-order valence-corrected chi connectivity index (χ0v) is 17.9. The number of hydrogen-bond donors (Lipinski definition) is 2. The van der Waals surface area contributed by atoms with Crippen LogP contribution in [0.2, 0.25) is 5.02 Å². The molecular formula is C19H21ClN4O2S2. The Labute approximate surface area is 177 Å². The highest BCUT2D eigenvalue weighted by Gasteiger charge is 2.27. The second-order valence-corrected chi connectivity index (χ2v) is 8.68. The molecule has 1 aliphatic rings. The summed E-state index contributed by atoms with van der Waals surface area (Å²) < 4.78 is 0. The van der Waals surface area contributed by atoms with E-state index in [0.717, 1.165) is 31.2 Å². The molecule has 0 spiro atoms. The van der Waals surface area contributed by atoms with Crippen LogP contribution in [-0.4, -0.2) is 34.1 Å². The number of amides is 2. The fraction of sp³-hybridized carbons (Fsp3) is 0.368. The summed E-state index contributed by atoms with van der Waals surface area (Å²) in [5, 5.41) is 6.88. The standard InChI is InChI=1S/C19H21ClN4O2S2/c1-3-9-27-19-22-10-12(20)15(23-19)17(26)24-18-14(16(25)21-4-2)11-7-5-6-8-13(11)28-18/h3,10H,1,4-9H2,2H3,(H,21,25)(H,24,26). The Bertz CT molecular complexity index is 914. The number of thiophene rings is 1. The van der Waals surface area contributed by atoms with Crippen molar-refractivity contribution in [3.05, 3.63) is 45.6 Å². The van der Waals surface area contributed by atoms with E-state index in [9.17, 15) is 9.59 Å². The molecule has 2 aromatic heterocycles. The molecule has 3 rings (SSSR count). The van der Waals surface area contributed by atoms with Crippen molar-refractivity contribution in [2.45, 2.75) is 37.8 Å². The molecule has 0 atom stereocenters. The van der Waals surface area contributed by atoms with Crippen LogP contribution in [0.15, 0.2) is 24.0 Å². The first-order chi connectivity index (χ1) is 13.5. The summed E-state index contributed by atoms with van der Waals surface area (Å²) in [4.78, 5) is 35.0. The molecule has 0 unspecified atom stereocenters. The smallest absolute Gasteiger partial charge is 0.276 e. The molecule has 28 heavy (non-hydrogen) atoms. The van der Waals surface area contributed by atoms with Gasteiger partial charge in [-0.3, -0.25) is 9.59 Å². The molecule has 0 aliphatic heterocycles. The Balaban J connectivity index is 1.91. The molecule has 9 heteroatoms. The van der Waals surface area contributed by atoms with E-state index in [4.69, 9.17) is 11.6 Å². The van der Waals surface area contributed by atoms with Crippen LogP contribution in [0.3, 0.4) is 0 Å². The molecule has 0 bridgehead atoms. The Kier molecular flexibility index (Phi) is 7.09. The molecule has 0 saturated carbocycles. The molecule has 2 heterocycles. The number of rotatable bonds is 7. The average molecular weight is 437 g/mol. The molecule has 2 N–H and O–H groups in total. The molecule has 0 aromatic carbocycles. The lowest BCUT2D eigenvalue weighted by atomic mass is 9.95. The van der Waals surface area contributed by atoms with Crippen LogP contribution in [0.1, 0.15) is 51.1 Å². The molecule has 2 aromatic rings. The van der Waals surface area contributed by atoms with Crippen molar-refractivity contribution < 1.29 is 9.59 Å². The summed E-state index contributed by atoms with van der Waals surface area (Å²) >= 11 is 8.98. The maximum Gasteiger partial charge on any atom is 0.276 e. The lowest BCUT2D eigenvalue weighted by Crippen LogP contribution is -2.25. The zero-order chi connectivity index (χ0) is 20.1. The van der Waals surface area contributed by atoms with E-state index in [1.807, 2.05) is 6.92 Å². The van der Waals surface area contributed by atoms with Gasteiger partial charge in [0.25, 0.3) is 11.8 Å². The maximum atomic E-state index is 12.9. The number of nitrogens with one attached hydrogen (secondary N) is 2. The molecule has 148 valence electrons. The predicted molar refractivity (Wildman–Crippen MR) is 115 cm³/mol. The molecule has 0 radical (unpaired) electrons. The maximum absolute atomic E-state index is 12.9. The van der Waals surface area contributed by atoms with Crippen LogP contribution in [0.4, 0.5) is 5.00 Å². The summed E-state index contributed by atoms with van der Waals surface area (Å²) in [6.45, 7) is 6.06. The van der Waals surface area contributed by atoms with Crippen molar-refractivity contribution in [1.29, 1.82) is 0 Å². The number of anilines is 1. The summed E-state index contributed by atoms with van der Waals surface area (Å²) in [5.41, 5.74) is 1.71. The number of hydrogen-bond acceptors (Lipinski definition) is 6. The van der Waals surface area contributed by atoms with Gasteiger partial charge < -0.3 is 10.6 Å². The largest absolute Gasteiger partial charge is 0.352 e. The minimum absolute atomic E-state index is 0.0939. The number of thioether (sulfide) groups is 1. The van der Waals surface area contributed by atoms with E-state index in [-0.39, 0.29) is 16.6 Å². The van der Waals surface area contributed by atoms with E-state index in [1.54, 1.807) is 6.08 Å². The van der Waals surface area contributed by atoms with Gasteiger partial charge in [0.2, 0.25) is 0 Å². The van der Waals surface area contributed by atoms with Gasteiger partial charge in [-0.1, -0.05) is 29.4 Å². The monoisotopic (exact) mass is 436 g/mol. The molecule has 0 saturated heterocycles. The van der Waals surface area contributed by atoms with Crippen LogP contribution in [0, 0.1) is 0 Å². The number of carbonyl (C=O) groups excluding carboxylic acids is 2. The lowest BCUT2D eigenvalue weighted by Gasteiger charge is -2.13. The number of aromatic nitrogens is 2. The van der Waals surface area contributed by atoms with Gasteiger partial charge in [-0.05, 0) is 38.2 Å². The first-order valence-electron chi connectivity index (χ1n) is 9.05. The first kappa shape index (κ1) is 20.8. The summed E-state index contributed by atoms with van der Waals surface area (Å²) in [5.74, 6) is 0.0204. The minimum atomic E-state index is -0.447. The molecule has 2 amide bonds. The third-order valence-corrected chi connectivity index (χ3v) is 6.57. The third-order valence-electron chi connectivity index (χ3n) is 4.23. The highest BCUT2D eigenvalue weighted by Crippen LogP contribution is 2.38. The summed E-state index contributed by atoms with van der Waals surface area (Å²) in [7, 11) is 0. The Morgan fingerprint density at radius 3 is 2.89 bits per heavy atom. The Morgan fingerprint density at radius 1 is 1.36 bits per heavy atom. The van der Waals surface area contributed by atoms with Gasteiger partial charge in [-0.25, -0.2) is 9.97 Å². The fourth-order valence-corrected chi connectivity index (χ4v) is 5.03. The number of aryl methyl sites for hydroxylation is 1. The summed E-state index contributed by atoms with van der Waals surface area (Å²) in [6.07, 6.45) is 7.07. The SMILES string of the molecule is C=CCSc1ncc(Cl)c(C(=O)Nc2sc3c(c2C(=O)NCC)CCCC3)n1. The van der Waals surface area contributed by atoms with Crippen molar-refractivity contribution in [2.75, 3.05) is 17.6 Å². The van der Waals surface area contributed by atoms with Crippen LogP contribution >= 0.6 is 34.7 Å². The zero-order valence-electron chi connectivity index (χ0n) is 15.5. The quantitative estimate of drug-likeness (QED) is 0.383. The van der Waals surface area contributed by atoms with Crippen LogP contribution in [0.5, 0.6) is 0 Å². The van der Waals surface area contributed by atoms with E-state index in [1.165, 1.54) is 34.2 Å². The molecule has 0 fully saturated rings. The van der Waals surface area contributed by atoms with Gasteiger partial charge in [0.05, 0.1) is 16.8 Å². The Morgan fingerprint density at radius 2 is 2.14 bits per heavy atom. The molecule has 6 nitrogen and oxygen atoms in total. The van der Waals surface area contributed by atoms with Crippen LogP contribution < -0.4 is 10.6 Å². The van der Waals surface area contributed by atoms with E-state index in [2.05, 4.69) is 27.2 Å². The van der Waals surface area contributed by atoms with Crippen molar-refractivity contribution in [3.63, 3.8) is 0 Å². The third kappa shape index (κ3) is 4.56. The van der Waals surface area contributed by atoms with E-state index in [0.29, 0.717) is 28.0 Å². The van der Waals surface area contributed by atoms with Crippen molar-refractivity contribution >= 4 is 51.5 Å². The predicted octanol–water partition coefficient (Wildman–Crippen LogP) is 4.35. The lowest BCUT2D eigenvalue weighted by molar-refractivity contribution is 0.0956. The topological polar surface area (TPSA) is 84.0 Å². The van der Waals surface area contributed by atoms with Crippen LogP contribution in [0.25, 0.3) is 0 Å². The van der Waals surface area contributed by atoms with Crippen molar-refractivity contribution in [1.82, 2.24) is 15.3 Å². The minimum Gasteiger partial charge on any atom is -0.352 e. The van der Waals surface area contributed by atoms with Gasteiger partial charge in [0, 0.05) is 17.2 Å². The second-order valence-electron chi connectivity index (χ2n) is 6.18. The van der Waals surface area contributed by atoms with E-state index < -0.39 is 5.91 Å². The first-order valence-corrected chi connectivity index (χ1v) is 11.2. The fourth-order valence-electron chi connectivity index (χ4n) is 3.02. The van der Waals surface area contributed by atoms with Gasteiger partial charge in [0.1, 0.15) is 5.00 Å². The summed E-state index contributed by atoms with van der Waals surface area (Å²) in [6, 6.07) is 0. The highest BCUT2D eigenvalue weighted by atomic mass is 35.5. The molecular weight excluding hydrogens is 416 g/mol. The van der Waals surface area contributed by atoms with Gasteiger partial charge in [0.15, 0.2) is 10.9 Å². The average Bonchev–Trinajstić information content (AvgIpc) is 3.05. The normalized spacial score (nSPS) is 12.9. The second kappa shape index (κ2) is 9.54. The van der Waals surface area contributed by atoms with Crippen LogP contribution in [-0.2, 0) is 12.8 Å². The van der Waals surface area contributed by atoms with Gasteiger partial charge >= 0.3 is 0 Å². The number of fused-ring (bicyclic) bond motifs is 1. The van der Waals surface area contributed by atoms with E-state index >= 15 is 0 Å². The number of nitrogens with zero attached hydrogens (tertiary/aromatic N) is 2.